The fourth-order valence-electron chi connectivity index (χ4n) is 7.39. The van der Waals surface area contributed by atoms with Crippen molar-refractivity contribution in [2.75, 3.05) is 20.8 Å². The Bertz CT molecular complexity index is 2110. The predicted molar refractivity (Wildman–Crippen MR) is 198 cm³/mol. The summed E-state index contributed by atoms with van der Waals surface area (Å²) >= 11 is 7.12. The molecule has 1 aliphatic heterocycles. The molecule has 2 aliphatic carbocycles. The normalized spacial score (nSPS) is 18.7. The summed E-state index contributed by atoms with van der Waals surface area (Å²) in [6, 6.07) is 14.2. The summed E-state index contributed by atoms with van der Waals surface area (Å²) in [7, 11) is 2.89. The Labute approximate surface area is 321 Å². The van der Waals surface area contributed by atoms with E-state index < -0.39 is 35.2 Å². The highest BCUT2D eigenvalue weighted by molar-refractivity contribution is 6.35. The van der Waals surface area contributed by atoms with E-state index in [-0.39, 0.29) is 29.9 Å². The van der Waals surface area contributed by atoms with Crippen LogP contribution in [0.3, 0.4) is 0 Å². The molecule has 1 saturated heterocycles. The molecule has 0 spiro atoms. The van der Waals surface area contributed by atoms with Crippen LogP contribution in [0.1, 0.15) is 72.4 Å². The largest absolute Gasteiger partial charge is 0.496 e. The van der Waals surface area contributed by atoms with Crippen molar-refractivity contribution in [2.45, 2.75) is 81.9 Å². The monoisotopic (exact) mass is 779 g/mol. The van der Waals surface area contributed by atoms with E-state index in [0.29, 0.717) is 68.1 Å². The number of carbonyl (C=O) groups excluding carboxylic acids is 1. The first-order chi connectivity index (χ1) is 26.4. The van der Waals surface area contributed by atoms with Crippen LogP contribution in [0.4, 0.5) is 13.2 Å². The average molecular weight is 780 g/mol. The van der Waals surface area contributed by atoms with Gasteiger partial charge in [-0.05, 0) is 73.4 Å². The molecule has 1 unspecified atom stereocenters. The van der Waals surface area contributed by atoms with Gasteiger partial charge in [-0.25, -0.2) is 0 Å². The smallest absolute Gasteiger partial charge is 0.421 e. The van der Waals surface area contributed by atoms with Gasteiger partial charge in [-0.3, -0.25) is 19.9 Å². The Kier molecular flexibility index (Phi) is 10.9. The van der Waals surface area contributed by atoms with Crippen LogP contribution in [0.2, 0.25) is 5.02 Å². The van der Waals surface area contributed by atoms with E-state index in [0.717, 1.165) is 45.9 Å². The van der Waals surface area contributed by atoms with E-state index >= 15 is 0 Å². The maximum absolute atomic E-state index is 14.5. The molecule has 1 saturated carbocycles. The third-order valence-electron chi connectivity index (χ3n) is 10.5. The summed E-state index contributed by atoms with van der Waals surface area (Å²) in [4.78, 5) is 32.0. The summed E-state index contributed by atoms with van der Waals surface area (Å²) in [6.45, 7) is 1.01. The van der Waals surface area contributed by atoms with Crippen molar-refractivity contribution >= 4 is 23.5 Å². The number of carboxylic acids is 1. The molecule has 3 aliphatic rings. The van der Waals surface area contributed by atoms with Gasteiger partial charge in [0.05, 0.1) is 24.9 Å². The number of alkyl halides is 3. The number of aliphatic carboxylic acids is 1. The fraction of sp³-hybridized carbons (Fsp3) is 0.400. The SMILES string of the molecule is COc1cc(-c2nccc(-c3cccc4c3CCC[C@@H]4Oc3nc(OC)c(CNC4(C(=O)O)CC4)cc3C(F)(F)F)c2Cl)ccc1CNCC1CCC(=O)N1. The molecule has 0 radical (unpaired) electrons. The van der Waals surface area contributed by atoms with Crippen LogP contribution >= 0.6 is 11.6 Å². The number of carbonyl (C=O) groups is 2. The topological polar surface area (TPSA) is 144 Å². The number of aromatic nitrogens is 2. The highest BCUT2D eigenvalue weighted by Crippen LogP contribution is 2.45. The molecule has 2 aromatic carbocycles. The molecular formula is C40H41ClF3N5O6. The Morgan fingerprint density at radius 1 is 1.02 bits per heavy atom. The molecule has 4 N–H and O–H groups in total. The number of rotatable bonds is 14. The molecule has 0 bridgehead atoms. The number of nitrogens with one attached hydrogen (secondary N) is 3. The summed E-state index contributed by atoms with van der Waals surface area (Å²) in [5.74, 6) is -1.03. The first kappa shape index (κ1) is 38.4. The summed E-state index contributed by atoms with van der Waals surface area (Å²) < 4.78 is 60.8. The Balaban J connectivity index is 1.15. The molecule has 15 heteroatoms. The second-order valence-electron chi connectivity index (χ2n) is 14.1. The lowest BCUT2D eigenvalue weighted by Crippen LogP contribution is -2.38. The predicted octanol–water partition coefficient (Wildman–Crippen LogP) is 7.03. The number of hydrogen-bond acceptors (Lipinski definition) is 9. The number of fused-ring (bicyclic) bond motifs is 1. The van der Waals surface area contributed by atoms with Crippen LogP contribution in [0.25, 0.3) is 22.4 Å². The molecule has 2 fully saturated rings. The van der Waals surface area contributed by atoms with Crippen molar-refractivity contribution < 1.29 is 42.1 Å². The third-order valence-corrected chi connectivity index (χ3v) is 10.9. The van der Waals surface area contributed by atoms with E-state index in [9.17, 15) is 27.9 Å². The van der Waals surface area contributed by atoms with Crippen LogP contribution < -0.4 is 30.2 Å². The lowest BCUT2D eigenvalue weighted by molar-refractivity contribution is -0.141. The molecule has 7 rings (SSSR count). The van der Waals surface area contributed by atoms with Crippen molar-refractivity contribution in [1.29, 1.82) is 0 Å². The van der Waals surface area contributed by atoms with Gasteiger partial charge in [0, 0.05) is 60.5 Å². The number of methoxy groups -OCH3 is 2. The molecule has 2 atom stereocenters. The number of ether oxygens (including phenoxy) is 3. The molecule has 2 aromatic heterocycles. The second kappa shape index (κ2) is 15.7. The van der Waals surface area contributed by atoms with Crippen molar-refractivity contribution in [3.05, 3.63) is 87.6 Å². The number of hydrogen-bond donors (Lipinski definition) is 4. The molecule has 290 valence electrons. The van der Waals surface area contributed by atoms with Crippen molar-refractivity contribution in [3.8, 4) is 39.9 Å². The molecular weight excluding hydrogens is 739 g/mol. The van der Waals surface area contributed by atoms with Gasteiger partial charge in [-0.1, -0.05) is 41.9 Å². The summed E-state index contributed by atoms with van der Waals surface area (Å²) in [6.07, 6.45) is -0.0293. The minimum Gasteiger partial charge on any atom is -0.496 e. The average Bonchev–Trinajstić information content (AvgIpc) is 3.86. The molecule has 1 amide bonds. The van der Waals surface area contributed by atoms with Gasteiger partial charge in [-0.2, -0.15) is 18.2 Å². The van der Waals surface area contributed by atoms with Gasteiger partial charge in [0.1, 0.15) is 23.0 Å². The van der Waals surface area contributed by atoms with Gasteiger partial charge in [-0.15, -0.1) is 0 Å². The highest BCUT2D eigenvalue weighted by Gasteiger charge is 2.50. The third kappa shape index (κ3) is 8.07. The minimum absolute atomic E-state index is 0.0704. The van der Waals surface area contributed by atoms with Gasteiger partial charge < -0.3 is 30.0 Å². The van der Waals surface area contributed by atoms with Crippen molar-refractivity contribution in [2.24, 2.45) is 0 Å². The number of halogens is 4. The number of benzene rings is 2. The lowest BCUT2D eigenvalue weighted by atomic mass is 9.84. The zero-order valence-corrected chi connectivity index (χ0v) is 31.1. The summed E-state index contributed by atoms with van der Waals surface area (Å²) in [5.41, 5.74) is 3.23. The number of pyridine rings is 2. The number of nitrogens with zero attached hydrogens (tertiary/aromatic N) is 2. The van der Waals surface area contributed by atoms with Crippen LogP contribution in [0.5, 0.6) is 17.5 Å². The Morgan fingerprint density at radius 2 is 1.84 bits per heavy atom. The zero-order chi connectivity index (χ0) is 38.9. The highest BCUT2D eigenvalue weighted by atomic mass is 35.5. The number of carboxylic acid groups (broad SMARTS) is 1. The van der Waals surface area contributed by atoms with E-state index in [2.05, 4.69) is 25.9 Å². The Morgan fingerprint density at radius 3 is 2.53 bits per heavy atom. The maximum Gasteiger partial charge on any atom is 0.421 e. The summed E-state index contributed by atoms with van der Waals surface area (Å²) in [5, 5.41) is 19.1. The van der Waals surface area contributed by atoms with E-state index in [1.807, 2.05) is 42.5 Å². The fourth-order valence-corrected chi connectivity index (χ4v) is 7.71. The van der Waals surface area contributed by atoms with Crippen LogP contribution in [0, 0.1) is 0 Å². The first-order valence-electron chi connectivity index (χ1n) is 18.1. The maximum atomic E-state index is 14.5. The van der Waals surface area contributed by atoms with Gasteiger partial charge in [0.15, 0.2) is 0 Å². The number of amides is 1. The van der Waals surface area contributed by atoms with E-state index in [1.165, 1.54) is 7.11 Å². The van der Waals surface area contributed by atoms with Crippen LogP contribution in [-0.2, 0) is 35.3 Å². The van der Waals surface area contributed by atoms with Crippen molar-refractivity contribution in [3.63, 3.8) is 0 Å². The zero-order valence-electron chi connectivity index (χ0n) is 30.3. The Hall–Kier alpha value is -4.92. The second-order valence-corrected chi connectivity index (χ2v) is 14.5. The standard InChI is InChI=1S/C40H41ClF3N5O6/c1-53-32-18-22(9-10-23(32)19-45-21-25-11-12-33(50)48-25)35-34(41)29(13-16-46-35)27-5-3-7-28-26(27)6-4-8-31(28)55-37-30(40(42,43)44)17-24(36(49-37)54-2)20-47-39(14-15-39)38(51)52/h3,5,7,9-10,13,16-18,25,31,45,47H,4,6,8,11-12,14-15,19-21H2,1-2H3,(H,48,50)(H,51,52)/t25?,31-/m0/s1. The first-order valence-corrected chi connectivity index (χ1v) is 18.5. The lowest BCUT2D eigenvalue weighted by Gasteiger charge is -2.29. The van der Waals surface area contributed by atoms with E-state index in [1.54, 1.807) is 13.3 Å². The molecule has 3 heterocycles. The van der Waals surface area contributed by atoms with Crippen LogP contribution in [-0.4, -0.2) is 59.3 Å². The quantitative estimate of drug-likeness (QED) is 0.105. The van der Waals surface area contributed by atoms with Gasteiger partial charge in [0.25, 0.3) is 0 Å². The minimum atomic E-state index is -4.81. The van der Waals surface area contributed by atoms with E-state index in [4.69, 9.17) is 25.8 Å². The molecule has 55 heavy (non-hydrogen) atoms. The molecule has 4 aromatic rings. The van der Waals surface area contributed by atoms with Gasteiger partial charge >= 0.3 is 12.1 Å². The van der Waals surface area contributed by atoms with Gasteiger partial charge in [0.2, 0.25) is 17.7 Å². The van der Waals surface area contributed by atoms with Crippen LogP contribution in [0.15, 0.2) is 54.7 Å². The molecule has 11 nitrogen and oxygen atoms in total. The van der Waals surface area contributed by atoms with Crippen molar-refractivity contribution in [1.82, 2.24) is 25.9 Å².